The molecule has 6 heteroatoms. The molecule has 5 rings (SSSR count). The van der Waals surface area contributed by atoms with E-state index in [1.54, 1.807) is 19.2 Å². The molecule has 2 aliphatic heterocycles. The summed E-state index contributed by atoms with van der Waals surface area (Å²) in [4.78, 5) is 0. The largest absolute Gasteiger partial charge is 0.493 e. The lowest BCUT2D eigenvalue weighted by Gasteiger charge is -2.39. The molecule has 2 heterocycles. The molecule has 2 atom stereocenters. The molecule has 3 aromatic rings. The van der Waals surface area contributed by atoms with Crippen LogP contribution in [0.1, 0.15) is 29.0 Å². The lowest BCUT2D eigenvalue weighted by Crippen LogP contribution is -2.43. The Labute approximate surface area is 173 Å². The molecule has 3 aromatic carbocycles. The van der Waals surface area contributed by atoms with Gasteiger partial charge in [-0.05, 0) is 42.0 Å². The molecule has 0 radical (unpaired) electrons. The van der Waals surface area contributed by atoms with Crippen molar-refractivity contribution in [3.63, 3.8) is 0 Å². The highest BCUT2D eigenvalue weighted by atomic mass is 35.5. The molecule has 0 unspecified atom stereocenters. The van der Waals surface area contributed by atoms with Gasteiger partial charge in [0.1, 0.15) is 5.82 Å². The minimum Gasteiger partial charge on any atom is -0.493 e. The summed E-state index contributed by atoms with van der Waals surface area (Å²) >= 11 is 6.04. The smallest absolute Gasteiger partial charge is 0.196 e. The van der Waals surface area contributed by atoms with Gasteiger partial charge in [-0.25, -0.2) is 4.39 Å². The van der Waals surface area contributed by atoms with Crippen LogP contribution in [0.25, 0.3) is 5.70 Å². The van der Waals surface area contributed by atoms with Gasteiger partial charge in [0.15, 0.2) is 17.7 Å². The van der Waals surface area contributed by atoms with Crippen LogP contribution in [0.15, 0.2) is 72.8 Å². The van der Waals surface area contributed by atoms with Crippen LogP contribution in [0.3, 0.4) is 0 Å². The number of fused-ring (bicyclic) bond motifs is 3. The summed E-state index contributed by atoms with van der Waals surface area (Å²) in [5, 5.41) is 2.71. The zero-order valence-corrected chi connectivity index (χ0v) is 16.4. The topological polar surface area (TPSA) is 33.7 Å². The van der Waals surface area contributed by atoms with Gasteiger partial charge in [-0.1, -0.05) is 48.0 Å². The van der Waals surface area contributed by atoms with Gasteiger partial charge in [-0.3, -0.25) is 0 Å². The first-order chi connectivity index (χ1) is 14.1. The molecular formula is C23H18ClFN2O2. The van der Waals surface area contributed by atoms with Crippen LogP contribution >= 0.6 is 11.6 Å². The second-order valence-corrected chi connectivity index (χ2v) is 7.39. The van der Waals surface area contributed by atoms with Crippen molar-refractivity contribution in [2.24, 2.45) is 0 Å². The fourth-order valence-corrected chi connectivity index (χ4v) is 3.92. The molecule has 0 saturated heterocycles. The van der Waals surface area contributed by atoms with E-state index < -0.39 is 6.23 Å². The highest BCUT2D eigenvalue weighted by Gasteiger charge is 2.41. The lowest BCUT2D eigenvalue weighted by atomic mass is 10.00. The quantitative estimate of drug-likeness (QED) is 0.622. The fourth-order valence-electron chi connectivity index (χ4n) is 3.80. The van der Waals surface area contributed by atoms with Crippen LogP contribution in [0, 0.1) is 5.82 Å². The van der Waals surface area contributed by atoms with Crippen LogP contribution in [-0.2, 0) is 0 Å². The van der Waals surface area contributed by atoms with Gasteiger partial charge < -0.3 is 14.9 Å². The number of nitrogens with one attached hydrogen (secondary N) is 1. The Morgan fingerprint density at radius 2 is 1.79 bits per heavy atom. The Morgan fingerprint density at radius 1 is 1.03 bits per heavy atom. The average Bonchev–Trinajstić information content (AvgIpc) is 3.19. The molecular weight excluding hydrogens is 391 g/mol. The number of para-hydroxylation sites is 1. The van der Waals surface area contributed by atoms with E-state index in [0.29, 0.717) is 16.5 Å². The van der Waals surface area contributed by atoms with Crippen LogP contribution < -0.4 is 14.9 Å². The number of hydrogen-bond donors (Lipinski definition) is 1. The van der Waals surface area contributed by atoms with Gasteiger partial charge in [0.05, 0.1) is 18.8 Å². The standard InChI is InChI=1S/C23H18ClFN2O2/c1-28-21-4-2-3-18-20-13-19(14-5-9-16(24)10-6-14)26-27(20)23(29-22(18)21)15-7-11-17(25)12-8-15/h2-13,20,23,26H,1H3/t20-,23+/m1/s1. The molecule has 0 bridgehead atoms. The third-order valence-electron chi connectivity index (χ3n) is 5.21. The number of halogens is 2. The van der Waals surface area contributed by atoms with E-state index in [-0.39, 0.29) is 11.9 Å². The molecule has 2 aliphatic rings. The minimum absolute atomic E-state index is 0.0745. The number of hydrazine groups is 1. The summed E-state index contributed by atoms with van der Waals surface area (Å²) in [5.74, 6) is 1.08. The first kappa shape index (κ1) is 18.0. The van der Waals surface area contributed by atoms with E-state index in [0.717, 1.165) is 22.4 Å². The maximum Gasteiger partial charge on any atom is 0.196 e. The molecule has 29 heavy (non-hydrogen) atoms. The van der Waals surface area contributed by atoms with Crippen LogP contribution in [0.2, 0.25) is 5.02 Å². The van der Waals surface area contributed by atoms with Gasteiger partial charge in [-0.2, -0.15) is 5.01 Å². The van der Waals surface area contributed by atoms with Crippen molar-refractivity contribution in [2.45, 2.75) is 12.3 Å². The summed E-state index contributed by atoms with van der Waals surface area (Å²) in [5.41, 5.74) is 7.28. The Kier molecular flexibility index (Phi) is 4.42. The van der Waals surface area contributed by atoms with Crippen LogP contribution in [0.5, 0.6) is 11.5 Å². The zero-order valence-electron chi connectivity index (χ0n) is 15.6. The SMILES string of the molecule is COc1cccc2c1O[C@@H](c1ccc(F)cc1)N1NC(c3ccc(Cl)cc3)=C[C@H]21. The van der Waals surface area contributed by atoms with E-state index in [9.17, 15) is 4.39 Å². The first-order valence-electron chi connectivity index (χ1n) is 9.26. The molecule has 1 N–H and O–H groups in total. The fraction of sp³-hybridized carbons (Fsp3) is 0.130. The Bertz CT molecular complexity index is 1080. The second-order valence-electron chi connectivity index (χ2n) is 6.95. The molecule has 0 saturated carbocycles. The van der Waals surface area contributed by atoms with Crippen molar-refractivity contribution in [2.75, 3.05) is 7.11 Å². The van der Waals surface area contributed by atoms with E-state index in [2.05, 4.69) is 11.5 Å². The number of nitrogens with zero attached hydrogens (tertiary/aromatic N) is 1. The normalized spacial score (nSPS) is 20.2. The number of benzene rings is 3. The van der Waals surface area contributed by atoms with Crippen molar-refractivity contribution in [3.8, 4) is 11.5 Å². The molecule has 4 nitrogen and oxygen atoms in total. The van der Waals surface area contributed by atoms with Gasteiger partial charge in [0.25, 0.3) is 0 Å². The molecule has 0 aliphatic carbocycles. The molecule has 146 valence electrons. The van der Waals surface area contributed by atoms with Gasteiger partial charge >= 0.3 is 0 Å². The van der Waals surface area contributed by atoms with Crippen molar-refractivity contribution in [1.82, 2.24) is 10.4 Å². The summed E-state index contributed by atoms with van der Waals surface area (Å²) < 4.78 is 25.4. The third-order valence-corrected chi connectivity index (χ3v) is 5.47. The Balaban J connectivity index is 1.61. The van der Waals surface area contributed by atoms with Gasteiger partial charge in [-0.15, -0.1) is 0 Å². The van der Waals surface area contributed by atoms with Crippen molar-refractivity contribution >= 4 is 17.3 Å². The van der Waals surface area contributed by atoms with Crippen molar-refractivity contribution < 1.29 is 13.9 Å². The molecule has 0 spiro atoms. The monoisotopic (exact) mass is 408 g/mol. The zero-order chi connectivity index (χ0) is 20.0. The van der Waals surface area contributed by atoms with E-state index in [4.69, 9.17) is 21.1 Å². The van der Waals surface area contributed by atoms with Crippen molar-refractivity contribution in [1.29, 1.82) is 0 Å². The second kappa shape index (κ2) is 7.10. The average molecular weight is 409 g/mol. The van der Waals surface area contributed by atoms with E-state index in [1.807, 2.05) is 47.5 Å². The van der Waals surface area contributed by atoms with E-state index >= 15 is 0 Å². The highest BCUT2D eigenvalue weighted by molar-refractivity contribution is 6.30. The summed E-state index contributed by atoms with van der Waals surface area (Å²) in [6, 6.07) is 19.8. The minimum atomic E-state index is -0.453. The third kappa shape index (κ3) is 3.12. The number of hydrogen-bond acceptors (Lipinski definition) is 4. The maximum absolute atomic E-state index is 13.5. The Morgan fingerprint density at radius 3 is 2.52 bits per heavy atom. The molecule has 0 amide bonds. The van der Waals surface area contributed by atoms with Crippen molar-refractivity contribution in [3.05, 3.63) is 100 Å². The van der Waals surface area contributed by atoms with Gasteiger partial charge in [0.2, 0.25) is 0 Å². The number of rotatable bonds is 3. The summed E-state index contributed by atoms with van der Waals surface area (Å²) in [7, 11) is 1.63. The van der Waals surface area contributed by atoms with E-state index in [1.165, 1.54) is 12.1 Å². The van der Waals surface area contributed by atoms with Crippen LogP contribution in [-0.4, -0.2) is 12.1 Å². The lowest BCUT2D eigenvalue weighted by molar-refractivity contribution is -0.0343. The summed E-state index contributed by atoms with van der Waals surface area (Å²) in [6.45, 7) is 0. The first-order valence-corrected chi connectivity index (χ1v) is 9.63. The predicted octanol–water partition coefficient (Wildman–Crippen LogP) is 5.48. The number of methoxy groups -OCH3 is 1. The Hall–Kier alpha value is -3.02. The summed E-state index contributed by atoms with van der Waals surface area (Å²) in [6.07, 6.45) is 1.70. The van der Waals surface area contributed by atoms with Crippen LogP contribution in [0.4, 0.5) is 4.39 Å². The maximum atomic E-state index is 13.5. The predicted molar refractivity (Wildman–Crippen MR) is 110 cm³/mol. The highest BCUT2D eigenvalue weighted by Crippen LogP contribution is 2.49. The van der Waals surface area contributed by atoms with Gasteiger partial charge in [0, 0.05) is 16.1 Å². The number of ether oxygens (including phenoxy) is 2. The molecule has 0 aromatic heterocycles. The molecule has 0 fully saturated rings.